The summed E-state index contributed by atoms with van der Waals surface area (Å²) in [5.41, 5.74) is 0. The molecule has 0 aromatic rings. The standard InChI is InChI=1S/C13H26O3/c1-2-3-4-5-6-7-10-15-13-9-8-12(11-14)16-13/h12-14H,2-11H2,1H3/t12-,13-/m1/s1. The van der Waals surface area contributed by atoms with Crippen LogP contribution >= 0.6 is 0 Å². The van der Waals surface area contributed by atoms with E-state index in [0.29, 0.717) is 0 Å². The molecule has 3 nitrogen and oxygen atoms in total. The van der Waals surface area contributed by atoms with E-state index in [0.717, 1.165) is 25.9 Å². The third-order valence-electron chi connectivity index (χ3n) is 3.07. The average molecular weight is 230 g/mol. The van der Waals surface area contributed by atoms with Crippen molar-refractivity contribution in [2.45, 2.75) is 70.7 Å². The Morgan fingerprint density at radius 2 is 1.88 bits per heavy atom. The molecule has 0 aromatic heterocycles. The third-order valence-corrected chi connectivity index (χ3v) is 3.07. The second-order valence-electron chi connectivity index (χ2n) is 4.59. The average Bonchev–Trinajstić information content (AvgIpc) is 2.76. The van der Waals surface area contributed by atoms with Crippen molar-refractivity contribution in [2.24, 2.45) is 0 Å². The summed E-state index contributed by atoms with van der Waals surface area (Å²) in [6.07, 6.45) is 9.52. The van der Waals surface area contributed by atoms with Gasteiger partial charge in [-0.25, -0.2) is 0 Å². The van der Waals surface area contributed by atoms with Crippen LogP contribution < -0.4 is 0 Å². The minimum absolute atomic E-state index is 0.00885. The minimum atomic E-state index is -0.0622. The molecule has 0 saturated carbocycles. The van der Waals surface area contributed by atoms with Crippen LogP contribution in [0.4, 0.5) is 0 Å². The van der Waals surface area contributed by atoms with Gasteiger partial charge in [0, 0.05) is 13.0 Å². The summed E-state index contributed by atoms with van der Waals surface area (Å²) in [6.45, 7) is 3.16. The molecule has 1 heterocycles. The molecule has 96 valence electrons. The van der Waals surface area contributed by atoms with E-state index in [2.05, 4.69) is 6.92 Å². The van der Waals surface area contributed by atoms with E-state index in [-0.39, 0.29) is 19.0 Å². The molecular formula is C13H26O3. The first-order chi connectivity index (χ1) is 7.86. The van der Waals surface area contributed by atoms with Crippen LogP contribution in [0.2, 0.25) is 0 Å². The predicted molar refractivity (Wildman–Crippen MR) is 64.3 cm³/mol. The zero-order valence-electron chi connectivity index (χ0n) is 10.5. The molecule has 0 aromatic carbocycles. The Morgan fingerprint density at radius 1 is 1.12 bits per heavy atom. The van der Waals surface area contributed by atoms with Gasteiger partial charge in [-0.05, 0) is 12.8 Å². The lowest BCUT2D eigenvalue weighted by molar-refractivity contribution is -0.140. The van der Waals surface area contributed by atoms with Gasteiger partial charge in [-0.15, -0.1) is 0 Å². The van der Waals surface area contributed by atoms with Crippen LogP contribution in [0.3, 0.4) is 0 Å². The quantitative estimate of drug-likeness (QED) is 0.619. The highest BCUT2D eigenvalue weighted by molar-refractivity contribution is 4.66. The second kappa shape index (κ2) is 8.97. The number of rotatable bonds is 9. The van der Waals surface area contributed by atoms with Gasteiger partial charge in [-0.3, -0.25) is 0 Å². The zero-order valence-corrected chi connectivity index (χ0v) is 10.5. The lowest BCUT2D eigenvalue weighted by Gasteiger charge is -2.12. The Kier molecular flexibility index (Phi) is 7.81. The molecule has 0 amide bonds. The third kappa shape index (κ3) is 5.83. The predicted octanol–water partition coefficient (Wildman–Crippen LogP) is 2.86. The summed E-state index contributed by atoms with van der Waals surface area (Å²) >= 11 is 0. The lowest BCUT2D eigenvalue weighted by atomic mass is 10.1. The lowest BCUT2D eigenvalue weighted by Crippen LogP contribution is -2.17. The first kappa shape index (κ1) is 13.9. The van der Waals surface area contributed by atoms with Gasteiger partial charge in [-0.2, -0.15) is 0 Å². The van der Waals surface area contributed by atoms with Crippen molar-refractivity contribution < 1.29 is 14.6 Å². The van der Waals surface area contributed by atoms with Gasteiger partial charge in [0.05, 0.1) is 12.7 Å². The van der Waals surface area contributed by atoms with Crippen LogP contribution in [-0.2, 0) is 9.47 Å². The number of ether oxygens (including phenoxy) is 2. The van der Waals surface area contributed by atoms with Gasteiger partial charge < -0.3 is 14.6 Å². The first-order valence-corrected chi connectivity index (χ1v) is 6.74. The number of unbranched alkanes of at least 4 members (excludes halogenated alkanes) is 5. The van der Waals surface area contributed by atoms with Crippen molar-refractivity contribution in [3.63, 3.8) is 0 Å². The van der Waals surface area contributed by atoms with Crippen molar-refractivity contribution in [2.75, 3.05) is 13.2 Å². The molecule has 1 aliphatic rings. The van der Waals surface area contributed by atoms with E-state index >= 15 is 0 Å². The Bertz CT molecular complexity index is 161. The number of hydrogen-bond donors (Lipinski definition) is 1. The Balaban J connectivity index is 1.84. The van der Waals surface area contributed by atoms with Crippen molar-refractivity contribution >= 4 is 0 Å². The summed E-state index contributed by atoms with van der Waals surface area (Å²) in [5, 5.41) is 8.90. The fraction of sp³-hybridized carbons (Fsp3) is 1.00. The monoisotopic (exact) mass is 230 g/mol. The normalized spacial score (nSPS) is 25.1. The molecule has 0 bridgehead atoms. The fourth-order valence-corrected chi connectivity index (χ4v) is 2.03. The minimum Gasteiger partial charge on any atom is -0.394 e. The number of hydrogen-bond acceptors (Lipinski definition) is 3. The van der Waals surface area contributed by atoms with Crippen LogP contribution in [0.25, 0.3) is 0 Å². The van der Waals surface area contributed by atoms with E-state index in [1.165, 1.54) is 32.1 Å². The van der Waals surface area contributed by atoms with Crippen LogP contribution in [0.5, 0.6) is 0 Å². The Labute approximate surface area is 99.1 Å². The molecule has 1 N–H and O–H groups in total. The van der Waals surface area contributed by atoms with Gasteiger partial charge in [-0.1, -0.05) is 39.0 Å². The van der Waals surface area contributed by atoms with Crippen LogP contribution in [0, 0.1) is 0 Å². The highest BCUT2D eigenvalue weighted by Crippen LogP contribution is 2.20. The molecule has 1 aliphatic heterocycles. The molecule has 16 heavy (non-hydrogen) atoms. The van der Waals surface area contributed by atoms with E-state index in [9.17, 15) is 0 Å². The Morgan fingerprint density at radius 3 is 2.56 bits per heavy atom. The summed E-state index contributed by atoms with van der Waals surface area (Å²) < 4.78 is 11.1. The molecular weight excluding hydrogens is 204 g/mol. The SMILES string of the molecule is CCCCCCCCO[C@H]1CC[C@H](CO)O1. The highest BCUT2D eigenvalue weighted by Gasteiger charge is 2.24. The van der Waals surface area contributed by atoms with Gasteiger partial charge in [0.15, 0.2) is 6.29 Å². The molecule has 3 heteroatoms. The van der Waals surface area contributed by atoms with Gasteiger partial charge >= 0.3 is 0 Å². The summed E-state index contributed by atoms with van der Waals surface area (Å²) in [6, 6.07) is 0. The first-order valence-electron chi connectivity index (χ1n) is 6.74. The molecule has 1 rings (SSSR count). The van der Waals surface area contributed by atoms with Crippen molar-refractivity contribution in [1.29, 1.82) is 0 Å². The largest absolute Gasteiger partial charge is 0.394 e. The van der Waals surface area contributed by atoms with E-state index in [1.54, 1.807) is 0 Å². The molecule has 2 atom stereocenters. The van der Waals surface area contributed by atoms with E-state index in [4.69, 9.17) is 14.6 Å². The van der Waals surface area contributed by atoms with Crippen LogP contribution in [0.15, 0.2) is 0 Å². The molecule has 0 aliphatic carbocycles. The van der Waals surface area contributed by atoms with Crippen molar-refractivity contribution in [3.05, 3.63) is 0 Å². The zero-order chi connectivity index (χ0) is 11.6. The molecule has 1 saturated heterocycles. The van der Waals surface area contributed by atoms with E-state index in [1.807, 2.05) is 0 Å². The summed E-state index contributed by atoms with van der Waals surface area (Å²) in [5.74, 6) is 0. The molecule has 0 spiro atoms. The van der Waals surface area contributed by atoms with Crippen molar-refractivity contribution in [1.82, 2.24) is 0 Å². The van der Waals surface area contributed by atoms with Gasteiger partial charge in [0.1, 0.15) is 0 Å². The maximum absolute atomic E-state index is 8.90. The summed E-state index contributed by atoms with van der Waals surface area (Å²) in [7, 11) is 0. The smallest absolute Gasteiger partial charge is 0.158 e. The maximum atomic E-state index is 8.90. The van der Waals surface area contributed by atoms with Crippen LogP contribution in [0.1, 0.15) is 58.3 Å². The topological polar surface area (TPSA) is 38.7 Å². The molecule has 0 unspecified atom stereocenters. The van der Waals surface area contributed by atoms with Gasteiger partial charge in [0.25, 0.3) is 0 Å². The van der Waals surface area contributed by atoms with Gasteiger partial charge in [0.2, 0.25) is 0 Å². The summed E-state index contributed by atoms with van der Waals surface area (Å²) in [4.78, 5) is 0. The second-order valence-corrected chi connectivity index (χ2v) is 4.59. The van der Waals surface area contributed by atoms with Crippen LogP contribution in [-0.4, -0.2) is 30.7 Å². The van der Waals surface area contributed by atoms with E-state index < -0.39 is 0 Å². The van der Waals surface area contributed by atoms with Crippen molar-refractivity contribution in [3.8, 4) is 0 Å². The number of aliphatic hydroxyl groups is 1. The maximum Gasteiger partial charge on any atom is 0.158 e. The number of aliphatic hydroxyl groups excluding tert-OH is 1. The molecule has 1 fully saturated rings. The Hall–Kier alpha value is -0.120. The fourth-order valence-electron chi connectivity index (χ4n) is 2.03. The molecule has 0 radical (unpaired) electrons. The highest BCUT2D eigenvalue weighted by atomic mass is 16.7.